The fraction of sp³-hybridized carbons (Fsp3) is 0.381. The minimum Gasteiger partial charge on any atom is -0.370 e. The topological polar surface area (TPSA) is 78.5 Å². The van der Waals surface area contributed by atoms with Crippen LogP contribution in [0.5, 0.6) is 0 Å². The number of hydrogen-bond donors (Lipinski definition) is 1. The number of carbonyl (C=O) groups excluding carboxylic acids is 2. The Labute approximate surface area is 173 Å². The summed E-state index contributed by atoms with van der Waals surface area (Å²) in [6.07, 6.45) is -0.316. The van der Waals surface area contributed by atoms with E-state index in [2.05, 4.69) is 10.2 Å². The summed E-state index contributed by atoms with van der Waals surface area (Å²) in [7, 11) is 1.78. The molecule has 1 aliphatic heterocycles. The number of carbonyl (C=O) groups is 2. The summed E-state index contributed by atoms with van der Waals surface area (Å²) in [4.78, 5) is 29.4. The summed E-state index contributed by atoms with van der Waals surface area (Å²) in [6.45, 7) is 5.42. The molecular weight excluding hydrogens is 388 g/mol. The number of fused-ring (bicyclic) bond motifs is 1. The second-order valence-electron chi connectivity index (χ2n) is 7.37. The number of aromatic amines is 1. The number of nitrogens with zero attached hydrogens (tertiary/aromatic N) is 3. The van der Waals surface area contributed by atoms with Gasteiger partial charge >= 0.3 is 0 Å². The van der Waals surface area contributed by atoms with Crippen LogP contribution in [0.4, 0.5) is 0 Å². The van der Waals surface area contributed by atoms with Gasteiger partial charge in [0.1, 0.15) is 6.10 Å². The van der Waals surface area contributed by atoms with Crippen LogP contribution in [-0.2, 0) is 16.1 Å². The van der Waals surface area contributed by atoms with E-state index in [1.54, 1.807) is 23.8 Å². The van der Waals surface area contributed by atoms with Crippen molar-refractivity contribution < 1.29 is 14.3 Å². The number of aryl methyl sites for hydroxylation is 1. The first-order valence-corrected chi connectivity index (χ1v) is 10.4. The van der Waals surface area contributed by atoms with Gasteiger partial charge in [-0.3, -0.25) is 14.7 Å². The van der Waals surface area contributed by atoms with Crippen LogP contribution in [0.2, 0.25) is 0 Å². The lowest BCUT2D eigenvalue weighted by molar-refractivity contribution is -0.136. The number of benzene rings is 1. The highest BCUT2D eigenvalue weighted by Gasteiger charge is 2.31. The third-order valence-corrected chi connectivity index (χ3v) is 6.34. The van der Waals surface area contributed by atoms with Gasteiger partial charge in [0, 0.05) is 36.5 Å². The molecule has 1 atom stereocenters. The molecule has 0 aliphatic carbocycles. The molecule has 0 radical (unpaired) electrons. The van der Waals surface area contributed by atoms with Crippen molar-refractivity contribution in [3.8, 4) is 0 Å². The number of rotatable bonds is 4. The van der Waals surface area contributed by atoms with Crippen LogP contribution in [0, 0.1) is 6.92 Å². The molecular formula is C21H24N4O3S. The Hall–Kier alpha value is -2.71. The normalized spacial score (nSPS) is 16.9. The summed E-state index contributed by atoms with van der Waals surface area (Å²) >= 11 is 1.48. The molecule has 2 amide bonds. The highest BCUT2D eigenvalue weighted by Crippen LogP contribution is 2.38. The Morgan fingerprint density at radius 2 is 2.17 bits per heavy atom. The molecule has 0 saturated carbocycles. The standard InChI is InChI=1S/C21H24N4O3S/c1-13-10-15(23-22-13)11-24(3)21(27)20-19(16-6-4-5-7-18(16)29-20)17-12-25(14(2)26)8-9-28-17/h4-7,10,17H,8-9,11-12H2,1-3H3,(H,22,23). The average Bonchev–Trinajstić information content (AvgIpc) is 3.30. The molecule has 1 N–H and O–H groups in total. The molecule has 29 heavy (non-hydrogen) atoms. The Bertz CT molecular complexity index is 1060. The second kappa shape index (κ2) is 7.96. The first-order valence-electron chi connectivity index (χ1n) is 9.59. The predicted molar refractivity (Wildman–Crippen MR) is 112 cm³/mol. The number of nitrogens with one attached hydrogen (secondary N) is 1. The summed E-state index contributed by atoms with van der Waals surface area (Å²) in [6, 6.07) is 9.91. The van der Waals surface area contributed by atoms with Crippen molar-refractivity contribution in [2.24, 2.45) is 0 Å². The van der Waals surface area contributed by atoms with E-state index in [4.69, 9.17) is 4.74 Å². The smallest absolute Gasteiger partial charge is 0.264 e. The molecule has 0 spiro atoms. The highest BCUT2D eigenvalue weighted by molar-refractivity contribution is 7.21. The summed E-state index contributed by atoms with van der Waals surface area (Å²) in [5.41, 5.74) is 2.66. The maximum atomic E-state index is 13.4. The van der Waals surface area contributed by atoms with Crippen LogP contribution in [0.3, 0.4) is 0 Å². The lowest BCUT2D eigenvalue weighted by Crippen LogP contribution is -2.41. The molecule has 2 aromatic heterocycles. The van der Waals surface area contributed by atoms with E-state index in [9.17, 15) is 9.59 Å². The van der Waals surface area contributed by atoms with E-state index in [1.165, 1.54) is 11.3 Å². The lowest BCUT2D eigenvalue weighted by atomic mass is 10.0. The molecule has 1 saturated heterocycles. The Balaban J connectivity index is 1.69. The zero-order valence-corrected chi connectivity index (χ0v) is 17.6. The number of ether oxygens (including phenoxy) is 1. The maximum absolute atomic E-state index is 13.4. The summed E-state index contributed by atoms with van der Waals surface area (Å²) in [5.74, 6) is -0.0397. The minimum absolute atomic E-state index is 0.0248. The molecule has 1 fully saturated rings. The monoisotopic (exact) mass is 412 g/mol. The molecule has 1 aromatic carbocycles. The van der Waals surface area contributed by atoms with Crippen molar-refractivity contribution in [3.63, 3.8) is 0 Å². The number of thiophene rings is 1. The summed E-state index contributed by atoms with van der Waals surface area (Å²) < 4.78 is 7.07. The average molecular weight is 413 g/mol. The molecule has 0 bridgehead atoms. The second-order valence-corrected chi connectivity index (χ2v) is 8.42. The first kappa shape index (κ1) is 19.6. The molecule has 1 aliphatic rings. The lowest BCUT2D eigenvalue weighted by Gasteiger charge is -2.33. The van der Waals surface area contributed by atoms with Gasteiger partial charge in [-0.05, 0) is 24.4 Å². The Morgan fingerprint density at radius 1 is 1.38 bits per heavy atom. The molecule has 7 nitrogen and oxygen atoms in total. The predicted octanol–water partition coefficient (Wildman–Crippen LogP) is 3.12. The van der Waals surface area contributed by atoms with Crippen LogP contribution in [-0.4, -0.2) is 58.6 Å². The van der Waals surface area contributed by atoms with E-state index in [-0.39, 0.29) is 17.9 Å². The molecule has 1 unspecified atom stereocenters. The van der Waals surface area contributed by atoms with Crippen molar-refractivity contribution >= 4 is 33.2 Å². The Kier molecular flexibility index (Phi) is 5.38. The summed E-state index contributed by atoms with van der Waals surface area (Å²) in [5, 5.41) is 8.16. The largest absolute Gasteiger partial charge is 0.370 e. The van der Waals surface area contributed by atoms with Gasteiger partial charge in [-0.25, -0.2) is 0 Å². The van der Waals surface area contributed by atoms with E-state index >= 15 is 0 Å². The quantitative estimate of drug-likeness (QED) is 0.714. The molecule has 3 aromatic rings. The number of morpholine rings is 1. The van der Waals surface area contributed by atoms with Crippen molar-refractivity contribution in [2.45, 2.75) is 26.5 Å². The van der Waals surface area contributed by atoms with Gasteiger partial charge in [0.15, 0.2) is 0 Å². The van der Waals surface area contributed by atoms with Gasteiger partial charge in [-0.15, -0.1) is 11.3 Å². The fourth-order valence-corrected chi connectivity index (χ4v) is 4.95. The van der Waals surface area contributed by atoms with E-state index < -0.39 is 0 Å². The zero-order chi connectivity index (χ0) is 20.5. The van der Waals surface area contributed by atoms with Crippen LogP contribution < -0.4 is 0 Å². The molecule has 8 heteroatoms. The van der Waals surface area contributed by atoms with Gasteiger partial charge in [-0.1, -0.05) is 18.2 Å². The van der Waals surface area contributed by atoms with Crippen molar-refractivity contribution in [2.75, 3.05) is 26.7 Å². The van der Waals surface area contributed by atoms with Crippen LogP contribution in [0.25, 0.3) is 10.1 Å². The minimum atomic E-state index is -0.316. The van der Waals surface area contributed by atoms with E-state index in [0.29, 0.717) is 31.1 Å². The van der Waals surface area contributed by atoms with Gasteiger partial charge in [0.05, 0.1) is 30.3 Å². The molecule has 4 rings (SSSR count). The van der Waals surface area contributed by atoms with Crippen molar-refractivity contribution in [1.82, 2.24) is 20.0 Å². The van der Waals surface area contributed by atoms with Crippen molar-refractivity contribution in [3.05, 3.63) is 52.2 Å². The number of amides is 2. The third-order valence-electron chi connectivity index (χ3n) is 5.17. The van der Waals surface area contributed by atoms with Gasteiger partial charge in [0.2, 0.25) is 5.91 Å². The fourth-order valence-electron chi connectivity index (χ4n) is 3.70. The van der Waals surface area contributed by atoms with Crippen LogP contribution in [0.1, 0.15) is 39.7 Å². The molecule has 152 valence electrons. The SMILES string of the molecule is CC(=O)N1CCOC(c2c(C(=O)N(C)Cc3cc(C)[nH]n3)sc3ccccc23)C1. The number of aromatic nitrogens is 2. The maximum Gasteiger partial charge on any atom is 0.264 e. The van der Waals surface area contributed by atoms with Gasteiger partial charge < -0.3 is 14.5 Å². The number of H-pyrrole nitrogens is 1. The zero-order valence-electron chi connectivity index (χ0n) is 16.8. The van der Waals surface area contributed by atoms with Crippen molar-refractivity contribution in [1.29, 1.82) is 0 Å². The third kappa shape index (κ3) is 3.90. The van der Waals surface area contributed by atoms with Gasteiger partial charge in [-0.2, -0.15) is 5.10 Å². The Morgan fingerprint density at radius 3 is 2.90 bits per heavy atom. The highest BCUT2D eigenvalue weighted by atomic mass is 32.1. The van der Waals surface area contributed by atoms with E-state index in [1.807, 2.05) is 37.3 Å². The van der Waals surface area contributed by atoms with Gasteiger partial charge in [0.25, 0.3) is 5.91 Å². The van der Waals surface area contributed by atoms with Crippen LogP contribution in [0.15, 0.2) is 30.3 Å². The molecule has 3 heterocycles. The van der Waals surface area contributed by atoms with E-state index in [0.717, 1.165) is 27.0 Å². The number of hydrogen-bond acceptors (Lipinski definition) is 5. The first-order chi connectivity index (χ1) is 13.9. The van der Waals surface area contributed by atoms with Crippen LogP contribution >= 0.6 is 11.3 Å².